The molecule has 0 bridgehead atoms. The lowest BCUT2D eigenvalue weighted by atomic mass is 10.3. The summed E-state index contributed by atoms with van der Waals surface area (Å²) in [6.45, 7) is 4.53. The summed E-state index contributed by atoms with van der Waals surface area (Å²) >= 11 is 1.59. The topological polar surface area (TPSA) is 37.8 Å². The minimum atomic E-state index is 0.201. The highest BCUT2D eigenvalue weighted by atomic mass is 32.1. The van der Waals surface area contributed by atoms with Crippen LogP contribution in [0.1, 0.15) is 23.0 Å². The Labute approximate surface area is 76.2 Å². The summed E-state index contributed by atoms with van der Waals surface area (Å²) in [5.74, 6) is 2.52. The van der Waals surface area contributed by atoms with E-state index in [1.165, 1.54) is 0 Å². The van der Waals surface area contributed by atoms with Gasteiger partial charge in [0.2, 0.25) is 0 Å². The maximum atomic E-state index is 5.11. The molecule has 0 aliphatic heterocycles. The van der Waals surface area contributed by atoms with Crippen molar-refractivity contribution >= 4 is 11.3 Å². The standard InChI is InChI=1S/C8H11N3S/c1-4-5-9-6(2)8-11-10-7(3)12-8/h1,6,9H,5H2,2-3H3. The Hall–Kier alpha value is -0.920. The zero-order chi connectivity index (χ0) is 8.97. The quantitative estimate of drug-likeness (QED) is 0.710. The predicted octanol–water partition coefficient (Wildman–Crippen LogP) is 1.13. The van der Waals surface area contributed by atoms with Gasteiger partial charge in [0.1, 0.15) is 10.0 Å². The highest BCUT2D eigenvalue weighted by molar-refractivity contribution is 7.11. The van der Waals surface area contributed by atoms with Crippen molar-refractivity contribution < 1.29 is 0 Å². The zero-order valence-corrected chi connectivity index (χ0v) is 7.98. The number of nitrogens with zero attached hydrogens (tertiary/aromatic N) is 2. The highest BCUT2D eigenvalue weighted by Crippen LogP contribution is 2.15. The van der Waals surface area contributed by atoms with E-state index in [0.717, 1.165) is 10.0 Å². The number of aromatic nitrogens is 2. The van der Waals surface area contributed by atoms with Crippen molar-refractivity contribution in [3.8, 4) is 12.3 Å². The number of aryl methyl sites for hydroxylation is 1. The second-order valence-electron chi connectivity index (χ2n) is 2.47. The molecule has 0 aliphatic carbocycles. The molecule has 0 aliphatic rings. The van der Waals surface area contributed by atoms with Gasteiger partial charge in [-0.15, -0.1) is 28.0 Å². The Morgan fingerprint density at radius 2 is 2.42 bits per heavy atom. The largest absolute Gasteiger partial charge is 0.297 e. The Morgan fingerprint density at radius 1 is 1.67 bits per heavy atom. The summed E-state index contributed by atoms with van der Waals surface area (Å²) in [5.41, 5.74) is 0. The highest BCUT2D eigenvalue weighted by Gasteiger charge is 2.08. The first-order valence-electron chi connectivity index (χ1n) is 3.71. The van der Waals surface area contributed by atoms with Gasteiger partial charge in [-0.25, -0.2) is 0 Å². The third-order valence-corrected chi connectivity index (χ3v) is 2.44. The maximum absolute atomic E-state index is 5.11. The lowest BCUT2D eigenvalue weighted by Crippen LogP contribution is -2.18. The van der Waals surface area contributed by atoms with Gasteiger partial charge in [-0.1, -0.05) is 5.92 Å². The van der Waals surface area contributed by atoms with E-state index >= 15 is 0 Å². The second kappa shape index (κ2) is 4.19. The molecule has 1 aromatic heterocycles. The third kappa shape index (κ3) is 2.29. The van der Waals surface area contributed by atoms with Gasteiger partial charge >= 0.3 is 0 Å². The van der Waals surface area contributed by atoms with Crippen molar-refractivity contribution in [1.29, 1.82) is 0 Å². The number of rotatable bonds is 3. The van der Waals surface area contributed by atoms with Gasteiger partial charge in [-0.05, 0) is 13.8 Å². The molecule has 12 heavy (non-hydrogen) atoms. The first-order chi connectivity index (χ1) is 5.74. The van der Waals surface area contributed by atoms with Crippen molar-refractivity contribution in [2.24, 2.45) is 0 Å². The molecule has 0 amide bonds. The number of hydrogen-bond acceptors (Lipinski definition) is 4. The van der Waals surface area contributed by atoms with Crippen LogP contribution >= 0.6 is 11.3 Å². The SMILES string of the molecule is C#CCNC(C)c1nnc(C)s1. The number of hydrogen-bond donors (Lipinski definition) is 1. The molecule has 64 valence electrons. The summed E-state index contributed by atoms with van der Waals surface area (Å²) in [7, 11) is 0. The van der Waals surface area contributed by atoms with E-state index in [2.05, 4.69) is 21.4 Å². The lowest BCUT2D eigenvalue weighted by Gasteiger charge is -2.05. The van der Waals surface area contributed by atoms with E-state index in [0.29, 0.717) is 6.54 Å². The minimum absolute atomic E-state index is 0.201. The maximum Gasteiger partial charge on any atom is 0.134 e. The third-order valence-electron chi connectivity index (χ3n) is 1.42. The fourth-order valence-corrected chi connectivity index (χ4v) is 1.51. The molecule has 1 heterocycles. The van der Waals surface area contributed by atoms with Crippen LogP contribution in [-0.4, -0.2) is 16.7 Å². The van der Waals surface area contributed by atoms with Crippen LogP contribution in [-0.2, 0) is 0 Å². The van der Waals surface area contributed by atoms with Crippen LogP contribution in [0.5, 0.6) is 0 Å². The van der Waals surface area contributed by atoms with Crippen LogP contribution < -0.4 is 5.32 Å². The van der Waals surface area contributed by atoms with Crippen molar-refractivity contribution in [3.63, 3.8) is 0 Å². The van der Waals surface area contributed by atoms with Crippen LogP contribution in [0.15, 0.2) is 0 Å². The van der Waals surface area contributed by atoms with E-state index in [1.54, 1.807) is 11.3 Å². The Morgan fingerprint density at radius 3 is 2.92 bits per heavy atom. The smallest absolute Gasteiger partial charge is 0.134 e. The van der Waals surface area contributed by atoms with Gasteiger partial charge in [-0.3, -0.25) is 5.32 Å². The van der Waals surface area contributed by atoms with Crippen molar-refractivity contribution in [2.45, 2.75) is 19.9 Å². The van der Waals surface area contributed by atoms with Crippen molar-refractivity contribution in [1.82, 2.24) is 15.5 Å². The van der Waals surface area contributed by atoms with Gasteiger partial charge in [0, 0.05) is 0 Å². The van der Waals surface area contributed by atoms with Crippen LogP contribution in [0.25, 0.3) is 0 Å². The molecule has 1 unspecified atom stereocenters. The molecule has 0 radical (unpaired) electrons. The minimum Gasteiger partial charge on any atom is -0.297 e. The molecule has 0 saturated carbocycles. The Kier molecular flexibility index (Phi) is 3.20. The van der Waals surface area contributed by atoms with Crippen LogP contribution in [0, 0.1) is 19.3 Å². The monoisotopic (exact) mass is 181 g/mol. The lowest BCUT2D eigenvalue weighted by molar-refractivity contribution is 0.613. The molecular formula is C8H11N3S. The molecule has 1 aromatic rings. The molecule has 1 rings (SSSR count). The molecule has 0 spiro atoms. The normalized spacial score (nSPS) is 12.4. The van der Waals surface area contributed by atoms with Gasteiger partial charge in [-0.2, -0.15) is 0 Å². The van der Waals surface area contributed by atoms with Gasteiger partial charge in [0.25, 0.3) is 0 Å². The molecule has 0 aromatic carbocycles. The average Bonchev–Trinajstić information content (AvgIpc) is 2.47. The van der Waals surface area contributed by atoms with Gasteiger partial charge in [0.05, 0.1) is 12.6 Å². The van der Waals surface area contributed by atoms with Crippen LogP contribution in [0.3, 0.4) is 0 Å². The average molecular weight is 181 g/mol. The van der Waals surface area contributed by atoms with E-state index in [-0.39, 0.29) is 6.04 Å². The van der Waals surface area contributed by atoms with Crippen molar-refractivity contribution in [3.05, 3.63) is 10.0 Å². The van der Waals surface area contributed by atoms with Gasteiger partial charge in [0.15, 0.2) is 0 Å². The molecule has 3 nitrogen and oxygen atoms in total. The van der Waals surface area contributed by atoms with Gasteiger partial charge < -0.3 is 0 Å². The van der Waals surface area contributed by atoms with E-state index in [1.807, 2.05) is 13.8 Å². The van der Waals surface area contributed by atoms with E-state index in [9.17, 15) is 0 Å². The molecule has 1 N–H and O–H groups in total. The number of nitrogens with one attached hydrogen (secondary N) is 1. The zero-order valence-electron chi connectivity index (χ0n) is 7.16. The molecule has 0 fully saturated rings. The Bertz CT molecular complexity index is 287. The summed E-state index contributed by atoms with van der Waals surface area (Å²) in [6, 6.07) is 0.201. The number of terminal acetylenes is 1. The summed E-state index contributed by atoms with van der Waals surface area (Å²) in [6.07, 6.45) is 5.11. The fourth-order valence-electron chi connectivity index (χ4n) is 0.786. The summed E-state index contributed by atoms with van der Waals surface area (Å²) in [5, 5.41) is 13.0. The van der Waals surface area contributed by atoms with E-state index < -0.39 is 0 Å². The summed E-state index contributed by atoms with van der Waals surface area (Å²) < 4.78 is 0. The van der Waals surface area contributed by atoms with Crippen molar-refractivity contribution in [2.75, 3.05) is 6.54 Å². The first-order valence-corrected chi connectivity index (χ1v) is 4.52. The Balaban J connectivity index is 2.54. The van der Waals surface area contributed by atoms with Crippen LogP contribution in [0.2, 0.25) is 0 Å². The molecule has 0 saturated heterocycles. The second-order valence-corrected chi connectivity index (χ2v) is 3.68. The summed E-state index contributed by atoms with van der Waals surface area (Å²) in [4.78, 5) is 0. The van der Waals surface area contributed by atoms with E-state index in [4.69, 9.17) is 6.42 Å². The predicted molar refractivity (Wildman–Crippen MR) is 49.9 cm³/mol. The fraction of sp³-hybridized carbons (Fsp3) is 0.500. The molecular weight excluding hydrogens is 170 g/mol. The molecule has 4 heteroatoms. The first kappa shape index (κ1) is 9.17. The van der Waals surface area contributed by atoms with Crippen LogP contribution in [0.4, 0.5) is 0 Å². The molecule has 1 atom stereocenters.